The maximum Gasteiger partial charge on any atom is 0.335 e. The number of thioether (sulfide) groups is 1. The van der Waals surface area contributed by atoms with Gasteiger partial charge >= 0.3 is 5.97 Å². The number of carboxylic acid groups (broad SMARTS) is 1. The van der Waals surface area contributed by atoms with Crippen LogP contribution in [0.1, 0.15) is 28.4 Å². The molecule has 1 saturated heterocycles. The van der Waals surface area contributed by atoms with Crippen LogP contribution in [0, 0.1) is 0 Å². The molecule has 0 aromatic heterocycles. The van der Waals surface area contributed by atoms with E-state index >= 15 is 0 Å². The Kier molecular flexibility index (Phi) is 8.75. The molecule has 0 aliphatic carbocycles. The number of nitrogens with zero attached hydrogens (tertiary/aromatic N) is 2. The van der Waals surface area contributed by atoms with E-state index < -0.39 is 5.97 Å². The normalized spacial score (nSPS) is 15.3. The van der Waals surface area contributed by atoms with Gasteiger partial charge in [-0.2, -0.15) is 0 Å². The minimum absolute atomic E-state index is 0.179. The first-order chi connectivity index (χ1) is 18.3. The maximum absolute atomic E-state index is 13.6. The van der Waals surface area contributed by atoms with Crippen molar-refractivity contribution in [2.24, 2.45) is 4.99 Å². The molecule has 0 spiro atoms. The zero-order valence-corrected chi connectivity index (χ0v) is 23.3. The fourth-order valence-electron chi connectivity index (χ4n) is 3.66. The molecule has 38 heavy (non-hydrogen) atoms. The van der Waals surface area contributed by atoms with E-state index in [9.17, 15) is 14.7 Å². The van der Waals surface area contributed by atoms with Crippen LogP contribution in [-0.4, -0.2) is 47.9 Å². The Labute approximate surface area is 233 Å². The fraction of sp³-hybridized carbons (Fsp3) is 0.179. The number of amidine groups is 1. The number of rotatable bonds is 9. The van der Waals surface area contributed by atoms with Crippen molar-refractivity contribution in [3.05, 3.63) is 86.7 Å². The number of hydrogen-bond acceptors (Lipinski definition) is 7. The molecule has 0 bridgehead atoms. The van der Waals surface area contributed by atoms with Gasteiger partial charge in [0.25, 0.3) is 5.91 Å². The Morgan fingerprint density at radius 2 is 1.76 bits per heavy atom. The zero-order valence-electron chi connectivity index (χ0n) is 20.9. The average Bonchev–Trinajstić information content (AvgIpc) is 3.20. The number of aliphatic imine (C=N–C) groups is 1. The Bertz CT molecular complexity index is 1400. The van der Waals surface area contributed by atoms with Gasteiger partial charge in [-0.05, 0) is 84.4 Å². The number of methoxy groups -OCH3 is 2. The number of carboxylic acids is 1. The summed E-state index contributed by atoms with van der Waals surface area (Å²) >= 11 is 4.83. The first kappa shape index (κ1) is 27.3. The van der Waals surface area contributed by atoms with Crippen molar-refractivity contribution < 1.29 is 28.9 Å². The Morgan fingerprint density at radius 1 is 1.05 bits per heavy atom. The van der Waals surface area contributed by atoms with Gasteiger partial charge in [-0.25, -0.2) is 9.79 Å². The molecule has 8 nitrogen and oxygen atoms in total. The molecular formula is C28H25BrN2O6S. The van der Waals surface area contributed by atoms with E-state index in [1.807, 2.05) is 25.1 Å². The molecule has 0 saturated carbocycles. The maximum atomic E-state index is 13.6. The summed E-state index contributed by atoms with van der Waals surface area (Å²) < 4.78 is 17.1. The number of amides is 1. The van der Waals surface area contributed by atoms with Gasteiger partial charge in [0.05, 0.1) is 43.5 Å². The molecule has 1 aliphatic heterocycles. The molecule has 0 unspecified atom stereocenters. The van der Waals surface area contributed by atoms with Crippen LogP contribution < -0.4 is 14.2 Å². The number of hydrogen-bond donors (Lipinski definition) is 1. The third-order valence-electron chi connectivity index (χ3n) is 5.60. The van der Waals surface area contributed by atoms with Crippen molar-refractivity contribution in [3.63, 3.8) is 0 Å². The van der Waals surface area contributed by atoms with Gasteiger partial charge in [0.15, 0.2) is 16.7 Å². The average molecular weight is 597 g/mol. The Morgan fingerprint density at radius 3 is 2.37 bits per heavy atom. The molecule has 0 radical (unpaired) electrons. The molecule has 10 heteroatoms. The summed E-state index contributed by atoms with van der Waals surface area (Å²) in [5, 5.41) is 9.71. The van der Waals surface area contributed by atoms with E-state index in [1.54, 1.807) is 55.5 Å². The van der Waals surface area contributed by atoms with Crippen molar-refractivity contribution in [1.29, 1.82) is 0 Å². The summed E-state index contributed by atoms with van der Waals surface area (Å²) in [6, 6.07) is 17.3. The highest BCUT2D eigenvalue weighted by Crippen LogP contribution is 2.39. The van der Waals surface area contributed by atoms with Gasteiger partial charge in [-0.1, -0.05) is 28.1 Å². The summed E-state index contributed by atoms with van der Waals surface area (Å²) in [6.45, 7) is 2.58. The minimum atomic E-state index is -1.01. The van der Waals surface area contributed by atoms with Crippen LogP contribution in [0.3, 0.4) is 0 Å². The highest BCUT2D eigenvalue weighted by molar-refractivity contribution is 9.10. The van der Waals surface area contributed by atoms with Crippen LogP contribution in [0.4, 0.5) is 5.69 Å². The highest BCUT2D eigenvalue weighted by Gasteiger charge is 2.34. The quantitative estimate of drug-likeness (QED) is 0.287. The number of halogens is 1. The molecule has 196 valence electrons. The Balaban J connectivity index is 1.72. The second kappa shape index (κ2) is 12.2. The number of carbonyl (C=O) groups excluding carboxylic acids is 1. The number of benzene rings is 3. The molecule has 3 aromatic rings. The van der Waals surface area contributed by atoms with Gasteiger partial charge in [-0.15, -0.1) is 0 Å². The first-order valence-corrected chi connectivity index (χ1v) is 13.2. The molecule has 1 amide bonds. The third kappa shape index (κ3) is 6.20. The van der Waals surface area contributed by atoms with E-state index in [0.717, 1.165) is 15.6 Å². The summed E-state index contributed by atoms with van der Waals surface area (Å²) in [5.41, 5.74) is 2.37. The lowest BCUT2D eigenvalue weighted by molar-refractivity contribution is -0.122. The van der Waals surface area contributed by atoms with Crippen LogP contribution in [-0.2, 0) is 11.3 Å². The van der Waals surface area contributed by atoms with E-state index in [2.05, 4.69) is 15.9 Å². The third-order valence-corrected chi connectivity index (χ3v) is 7.29. The van der Waals surface area contributed by atoms with Crippen LogP contribution in [0.15, 0.2) is 75.0 Å². The van der Waals surface area contributed by atoms with Crippen molar-refractivity contribution >= 4 is 56.5 Å². The number of aromatic carboxylic acids is 1. The molecule has 4 rings (SSSR count). The van der Waals surface area contributed by atoms with Crippen LogP contribution >= 0.6 is 27.7 Å². The van der Waals surface area contributed by atoms with Crippen LogP contribution in [0.25, 0.3) is 6.08 Å². The number of carbonyl (C=O) groups is 2. The predicted octanol–water partition coefficient (Wildman–Crippen LogP) is 6.37. The first-order valence-electron chi connectivity index (χ1n) is 11.6. The van der Waals surface area contributed by atoms with Gasteiger partial charge in [0.1, 0.15) is 5.75 Å². The molecule has 1 heterocycles. The van der Waals surface area contributed by atoms with E-state index in [1.165, 1.54) is 23.9 Å². The monoisotopic (exact) mass is 596 g/mol. The van der Waals surface area contributed by atoms with Gasteiger partial charge in [0, 0.05) is 4.47 Å². The van der Waals surface area contributed by atoms with Gasteiger partial charge in [-0.3, -0.25) is 9.69 Å². The lowest BCUT2D eigenvalue weighted by Crippen LogP contribution is -2.28. The number of ether oxygens (including phenoxy) is 3. The van der Waals surface area contributed by atoms with Crippen LogP contribution in [0.2, 0.25) is 0 Å². The zero-order chi connectivity index (χ0) is 27.2. The molecule has 1 aliphatic rings. The lowest BCUT2D eigenvalue weighted by Gasteiger charge is -2.16. The smallest absolute Gasteiger partial charge is 0.335 e. The fourth-order valence-corrected chi connectivity index (χ4v) is 5.09. The molecule has 1 fully saturated rings. The standard InChI is InChI=1S/C28H25BrN2O6S/c1-4-37-24-13-19(22(29)15-23(24)36-3)14-25-26(32)31(16-17-5-7-18(8-6-17)27(33)34)28(38-25)30-20-9-11-21(35-2)12-10-20/h5-15H,4,16H2,1-3H3,(H,33,34)/b25-14-,30-28?. The van der Waals surface area contributed by atoms with Gasteiger partial charge in [0.2, 0.25) is 0 Å². The predicted molar refractivity (Wildman–Crippen MR) is 151 cm³/mol. The summed E-state index contributed by atoms with van der Waals surface area (Å²) in [7, 11) is 3.16. The van der Waals surface area contributed by atoms with Crippen molar-refractivity contribution in [1.82, 2.24) is 4.90 Å². The summed E-state index contributed by atoms with van der Waals surface area (Å²) in [5.74, 6) is 0.634. The molecule has 0 atom stereocenters. The lowest BCUT2D eigenvalue weighted by atomic mass is 10.1. The van der Waals surface area contributed by atoms with Crippen molar-refractivity contribution in [3.8, 4) is 17.2 Å². The Hall–Kier alpha value is -3.76. The second-order valence-electron chi connectivity index (χ2n) is 8.05. The topological polar surface area (TPSA) is 97.7 Å². The molecule has 1 N–H and O–H groups in total. The second-order valence-corrected chi connectivity index (χ2v) is 9.92. The van der Waals surface area contributed by atoms with Crippen LogP contribution in [0.5, 0.6) is 17.2 Å². The van der Waals surface area contributed by atoms with E-state index in [-0.39, 0.29) is 18.0 Å². The van der Waals surface area contributed by atoms with Crippen molar-refractivity contribution in [2.75, 3.05) is 20.8 Å². The van der Waals surface area contributed by atoms with Crippen molar-refractivity contribution in [2.45, 2.75) is 13.5 Å². The summed E-state index contributed by atoms with van der Waals surface area (Å²) in [4.78, 5) is 31.6. The minimum Gasteiger partial charge on any atom is -0.497 e. The van der Waals surface area contributed by atoms with E-state index in [0.29, 0.717) is 39.6 Å². The SMILES string of the molecule is CCOc1cc(/C=C2\SC(=Nc3ccc(OC)cc3)N(Cc3ccc(C(=O)O)cc3)C2=O)c(Br)cc1OC. The van der Waals surface area contributed by atoms with E-state index in [4.69, 9.17) is 19.2 Å². The highest BCUT2D eigenvalue weighted by atomic mass is 79.9. The molecule has 3 aromatic carbocycles. The van der Waals surface area contributed by atoms with Gasteiger partial charge < -0.3 is 19.3 Å². The summed E-state index contributed by atoms with van der Waals surface area (Å²) in [6.07, 6.45) is 1.79. The molecular weight excluding hydrogens is 572 g/mol. The largest absolute Gasteiger partial charge is 0.497 e.